The van der Waals surface area contributed by atoms with Crippen molar-refractivity contribution in [3.63, 3.8) is 0 Å². The summed E-state index contributed by atoms with van der Waals surface area (Å²) in [5.41, 5.74) is 5.11. The first kappa shape index (κ1) is 16.0. The number of nitrogens with one attached hydrogen (secondary N) is 1. The van der Waals surface area contributed by atoms with Crippen LogP contribution in [0.15, 0.2) is 46.9 Å². The number of hydroxylamine groups is 1. The van der Waals surface area contributed by atoms with E-state index in [4.69, 9.17) is 9.62 Å². The van der Waals surface area contributed by atoms with Gasteiger partial charge in [-0.15, -0.1) is 0 Å². The van der Waals surface area contributed by atoms with E-state index in [-0.39, 0.29) is 0 Å². The van der Waals surface area contributed by atoms with E-state index >= 15 is 0 Å². The zero-order valence-electron chi connectivity index (χ0n) is 13.6. The minimum Gasteiger partial charge on any atom is -0.436 e. The van der Waals surface area contributed by atoms with Crippen molar-refractivity contribution in [2.45, 2.75) is 13.8 Å². The van der Waals surface area contributed by atoms with E-state index in [9.17, 15) is 4.79 Å². The van der Waals surface area contributed by atoms with Gasteiger partial charge in [-0.1, -0.05) is 0 Å². The predicted molar refractivity (Wildman–Crippen MR) is 92.3 cm³/mol. The van der Waals surface area contributed by atoms with Crippen LogP contribution >= 0.6 is 0 Å². The van der Waals surface area contributed by atoms with Crippen LogP contribution in [-0.2, 0) is 0 Å². The number of amides is 1. The lowest BCUT2D eigenvalue weighted by molar-refractivity contribution is 0.0706. The molecule has 0 spiro atoms. The third kappa shape index (κ3) is 2.96. The molecule has 0 fully saturated rings. The SMILES string of the molecule is CCN(CC)c1ccc(-c2nc3cc(C(=O)NO)ccc3o2)cc1. The maximum atomic E-state index is 11.5. The topological polar surface area (TPSA) is 78.6 Å². The van der Waals surface area contributed by atoms with Crippen LogP contribution < -0.4 is 10.4 Å². The van der Waals surface area contributed by atoms with Gasteiger partial charge < -0.3 is 9.32 Å². The first-order valence-electron chi connectivity index (χ1n) is 7.86. The largest absolute Gasteiger partial charge is 0.436 e. The Labute approximate surface area is 139 Å². The average molecular weight is 325 g/mol. The first-order valence-corrected chi connectivity index (χ1v) is 7.86. The number of hydrogen-bond donors (Lipinski definition) is 2. The lowest BCUT2D eigenvalue weighted by Gasteiger charge is -2.20. The Balaban J connectivity index is 1.93. The monoisotopic (exact) mass is 325 g/mol. The number of benzene rings is 2. The predicted octanol–water partition coefficient (Wildman–Crippen LogP) is 3.46. The van der Waals surface area contributed by atoms with Crippen molar-refractivity contribution >= 4 is 22.7 Å². The smallest absolute Gasteiger partial charge is 0.274 e. The second kappa shape index (κ2) is 6.72. The van der Waals surface area contributed by atoms with Gasteiger partial charge in [0.2, 0.25) is 5.89 Å². The third-order valence-electron chi connectivity index (χ3n) is 3.99. The van der Waals surface area contributed by atoms with Gasteiger partial charge in [0.1, 0.15) is 5.52 Å². The lowest BCUT2D eigenvalue weighted by atomic mass is 10.2. The van der Waals surface area contributed by atoms with Crippen molar-refractivity contribution in [2.24, 2.45) is 0 Å². The average Bonchev–Trinajstić information content (AvgIpc) is 3.06. The van der Waals surface area contributed by atoms with Gasteiger partial charge in [-0.3, -0.25) is 10.0 Å². The fourth-order valence-electron chi connectivity index (χ4n) is 2.66. The second-order valence-electron chi connectivity index (χ2n) is 5.36. The zero-order valence-corrected chi connectivity index (χ0v) is 13.6. The minimum atomic E-state index is -0.579. The second-order valence-corrected chi connectivity index (χ2v) is 5.36. The summed E-state index contributed by atoms with van der Waals surface area (Å²) in [6, 6.07) is 12.9. The summed E-state index contributed by atoms with van der Waals surface area (Å²) in [7, 11) is 0. The van der Waals surface area contributed by atoms with Gasteiger partial charge in [-0.25, -0.2) is 10.5 Å². The lowest BCUT2D eigenvalue weighted by Crippen LogP contribution is -2.21. The number of hydrogen-bond acceptors (Lipinski definition) is 5. The number of aromatic nitrogens is 1. The highest BCUT2D eigenvalue weighted by molar-refractivity contribution is 5.96. The van der Waals surface area contributed by atoms with E-state index < -0.39 is 5.91 Å². The summed E-state index contributed by atoms with van der Waals surface area (Å²) in [5.74, 6) is -0.0809. The third-order valence-corrected chi connectivity index (χ3v) is 3.99. The highest BCUT2D eigenvalue weighted by atomic mass is 16.5. The van der Waals surface area contributed by atoms with Crippen LogP contribution in [0.3, 0.4) is 0 Å². The van der Waals surface area contributed by atoms with Crippen molar-refractivity contribution in [3.05, 3.63) is 48.0 Å². The van der Waals surface area contributed by atoms with Crippen LogP contribution in [0.2, 0.25) is 0 Å². The number of carbonyl (C=O) groups excluding carboxylic acids is 1. The van der Waals surface area contributed by atoms with Crippen LogP contribution in [0.4, 0.5) is 5.69 Å². The fourth-order valence-corrected chi connectivity index (χ4v) is 2.66. The molecule has 0 saturated heterocycles. The zero-order chi connectivity index (χ0) is 17.1. The number of oxazole rings is 1. The molecule has 0 atom stereocenters. The van der Waals surface area contributed by atoms with E-state index in [1.807, 2.05) is 24.3 Å². The molecule has 3 rings (SSSR count). The summed E-state index contributed by atoms with van der Waals surface area (Å²) in [6.07, 6.45) is 0. The molecule has 0 aliphatic heterocycles. The molecule has 0 aliphatic carbocycles. The molecule has 0 saturated carbocycles. The minimum absolute atomic E-state index is 0.321. The van der Waals surface area contributed by atoms with Crippen LogP contribution in [0.25, 0.3) is 22.6 Å². The number of anilines is 1. The molecule has 1 heterocycles. The molecular formula is C18H19N3O3. The van der Waals surface area contributed by atoms with E-state index in [1.54, 1.807) is 23.7 Å². The van der Waals surface area contributed by atoms with Crippen LogP contribution in [0, 0.1) is 0 Å². The number of nitrogens with zero attached hydrogens (tertiary/aromatic N) is 2. The Hall–Kier alpha value is -2.86. The molecule has 2 aromatic carbocycles. The van der Waals surface area contributed by atoms with Crippen molar-refractivity contribution < 1.29 is 14.4 Å². The van der Waals surface area contributed by atoms with Crippen LogP contribution in [0.5, 0.6) is 0 Å². The van der Waals surface area contributed by atoms with Gasteiger partial charge in [0.15, 0.2) is 5.58 Å². The van der Waals surface area contributed by atoms with E-state index in [0.29, 0.717) is 22.6 Å². The Morgan fingerprint density at radius 3 is 2.50 bits per heavy atom. The normalized spacial score (nSPS) is 10.8. The van der Waals surface area contributed by atoms with E-state index in [1.165, 1.54) is 0 Å². The van der Waals surface area contributed by atoms with Crippen LogP contribution in [0.1, 0.15) is 24.2 Å². The highest BCUT2D eigenvalue weighted by Gasteiger charge is 2.12. The number of fused-ring (bicyclic) bond motifs is 1. The molecule has 0 aliphatic rings. The molecule has 0 radical (unpaired) electrons. The molecule has 24 heavy (non-hydrogen) atoms. The van der Waals surface area contributed by atoms with Crippen molar-refractivity contribution in [3.8, 4) is 11.5 Å². The number of rotatable bonds is 5. The fraction of sp³-hybridized carbons (Fsp3) is 0.222. The summed E-state index contributed by atoms with van der Waals surface area (Å²) in [5, 5.41) is 8.71. The molecule has 6 nitrogen and oxygen atoms in total. The highest BCUT2D eigenvalue weighted by Crippen LogP contribution is 2.26. The van der Waals surface area contributed by atoms with Crippen molar-refractivity contribution in [1.29, 1.82) is 0 Å². The first-order chi connectivity index (χ1) is 11.7. The molecule has 124 valence electrons. The summed E-state index contributed by atoms with van der Waals surface area (Å²) < 4.78 is 5.76. The van der Waals surface area contributed by atoms with E-state index in [0.717, 1.165) is 24.3 Å². The van der Waals surface area contributed by atoms with Gasteiger partial charge in [-0.2, -0.15) is 0 Å². The van der Waals surface area contributed by atoms with Gasteiger partial charge in [0, 0.05) is 29.9 Å². The maximum Gasteiger partial charge on any atom is 0.274 e. The Morgan fingerprint density at radius 2 is 1.88 bits per heavy atom. The van der Waals surface area contributed by atoms with Gasteiger partial charge in [0.25, 0.3) is 5.91 Å². The van der Waals surface area contributed by atoms with Crippen molar-refractivity contribution in [1.82, 2.24) is 10.5 Å². The Kier molecular flexibility index (Phi) is 4.48. The molecule has 1 amide bonds. The molecule has 2 N–H and O–H groups in total. The number of carbonyl (C=O) groups is 1. The molecule has 3 aromatic rings. The summed E-state index contributed by atoms with van der Waals surface area (Å²) in [6.45, 7) is 6.15. The molecule has 6 heteroatoms. The molecule has 0 bridgehead atoms. The molecule has 1 aromatic heterocycles. The molecule has 0 unspecified atom stereocenters. The Bertz CT molecular complexity index is 852. The van der Waals surface area contributed by atoms with Gasteiger partial charge in [0.05, 0.1) is 0 Å². The quantitative estimate of drug-likeness (QED) is 0.555. The maximum absolute atomic E-state index is 11.5. The van der Waals surface area contributed by atoms with Crippen molar-refractivity contribution in [2.75, 3.05) is 18.0 Å². The standard InChI is InChI=1S/C18H19N3O3/c1-3-21(4-2)14-8-5-12(6-9-14)18-19-15-11-13(17(22)20-23)7-10-16(15)24-18/h5-11,23H,3-4H2,1-2H3,(H,20,22). The van der Waals surface area contributed by atoms with E-state index in [2.05, 4.69) is 23.7 Å². The van der Waals surface area contributed by atoms with Gasteiger partial charge >= 0.3 is 0 Å². The molecular weight excluding hydrogens is 306 g/mol. The Morgan fingerprint density at radius 1 is 1.17 bits per heavy atom. The van der Waals surface area contributed by atoms with Crippen LogP contribution in [-0.4, -0.2) is 29.2 Å². The summed E-state index contributed by atoms with van der Waals surface area (Å²) in [4.78, 5) is 18.2. The van der Waals surface area contributed by atoms with Gasteiger partial charge in [-0.05, 0) is 56.3 Å². The summed E-state index contributed by atoms with van der Waals surface area (Å²) >= 11 is 0.